The average molecular weight is 313 g/mol. The van der Waals surface area contributed by atoms with Gasteiger partial charge in [-0.3, -0.25) is 9.97 Å². The largest absolute Gasteiger partial charge is 2.00 e. The fourth-order valence-electron chi connectivity index (χ4n) is 1.68. The number of hydrogen-bond donors (Lipinski definition) is 0. The van der Waals surface area contributed by atoms with Crippen LogP contribution in [-0.4, -0.2) is 9.97 Å². The molecule has 2 nitrogen and oxygen atoms in total. The Morgan fingerprint density at radius 2 is 1.11 bits per heavy atom. The van der Waals surface area contributed by atoms with E-state index in [2.05, 4.69) is 34.2 Å². The molecule has 0 amide bonds. The van der Waals surface area contributed by atoms with Gasteiger partial charge < -0.3 is 13.2 Å². The summed E-state index contributed by atoms with van der Waals surface area (Å²) in [6.45, 7) is -3.08. The molecule has 0 atom stereocenters. The molecule has 0 bridgehead atoms. The van der Waals surface area contributed by atoms with Gasteiger partial charge in [-0.25, -0.2) is 0 Å². The fourth-order valence-corrected chi connectivity index (χ4v) is 1.68. The molecule has 6 heteroatoms. The summed E-state index contributed by atoms with van der Waals surface area (Å²) in [5, 5.41) is 2.28. The van der Waals surface area contributed by atoms with Gasteiger partial charge >= 0.3 is 17.1 Å². The Kier molecular flexibility index (Phi) is 5.73. The number of rotatable bonds is 0. The molecule has 0 saturated heterocycles. The van der Waals surface area contributed by atoms with Crippen LogP contribution in [0.15, 0.2) is 48.8 Å². The van der Waals surface area contributed by atoms with Crippen LogP contribution in [0.25, 0.3) is 21.8 Å². The van der Waals surface area contributed by atoms with Gasteiger partial charge in [-0.1, -0.05) is 24.3 Å². The number of benzene rings is 1. The third kappa shape index (κ3) is 3.91. The van der Waals surface area contributed by atoms with Gasteiger partial charge in [0.15, 0.2) is 6.68 Å². The van der Waals surface area contributed by atoms with Crippen LogP contribution < -0.4 is 0 Å². The van der Waals surface area contributed by atoms with Crippen molar-refractivity contribution in [1.82, 2.24) is 9.97 Å². The first-order valence-corrected chi connectivity index (χ1v) is 5.10. The molecule has 0 N–H and O–H groups in total. The molecule has 0 aliphatic carbocycles. The maximum atomic E-state index is 9.58. The van der Waals surface area contributed by atoms with Crippen molar-refractivity contribution in [2.24, 2.45) is 0 Å². The Balaban J connectivity index is 0.000000323. The van der Waals surface area contributed by atoms with Crippen LogP contribution in [0.3, 0.4) is 0 Å². The second kappa shape index (κ2) is 7.07. The third-order valence-electron chi connectivity index (χ3n) is 2.34. The van der Waals surface area contributed by atoms with E-state index in [1.54, 1.807) is 12.4 Å². The molecule has 0 aliphatic heterocycles. The average Bonchev–Trinajstić information content (AvgIpc) is 2.38. The fraction of sp³-hybridized carbons (Fsp3) is 0. The summed E-state index contributed by atoms with van der Waals surface area (Å²) in [4.78, 5) is 8.69. The number of hydrogen-bond acceptors (Lipinski definition) is 2. The van der Waals surface area contributed by atoms with Crippen LogP contribution in [-0.2, 0) is 17.1 Å². The van der Waals surface area contributed by atoms with Crippen LogP contribution >= 0.6 is 0 Å². The van der Waals surface area contributed by atoms with E-state index in [1.807, 2.05) is 12.1 Å². The number of pyridine rings is 2. The number of nitrogens with zero attached hydrogens (tertiary/aromatic N) is 2. The maximum Gasteiger partial charge on any atom is 2.00 e. The van der Waals surface area contributed by atoms with Crippen molar-refractivity contribution < 1.29 is 30.2 Å². The monoisotopic (exact) mass is 312 g/mol. The summed E-state index contributed by atoms with van der Waals surface area (Å²) >= 11 is 0. The molecular weight excluding hydrogens is 305 g/mol. The van der Waals surface area contributed by atoms with Crippen molar-refractivity contribution in [2.45, 2.75) is 0 Å². The topological polar surface area (TPSA) is 25.8 Å². The van der Waals surface area contributed by atoms with Crippen molar-refractivity contribution in [1.29, 1.82) is 0 Å². The zero-order valence-corrected chi connectivity index (χ0v) is 10.4. The number of fused-ring (bicyclic) bond motifs is 3. The van der Waals surface area contributed by atoms with Gasteiger partial charge in [0, 0.05) is 23.2 Å². The van der Waals surface area contributed by atoms with E-state index in [-0.39, 0.29) is 17.1 Å². The molecule has 0 fully saturated rings. The van der Waals surface area contributed by atoms with E-state index in [9.17, 15) is 13.2 Å². The van der Waals surface area contributed by atoms with Gasteiger partial charge in [0.05, 0.1) is 11.0 Å². The smallest absolute Gasteiger partial charge is 0.385 e. The summed E-state index contributed by atoms with van der Waals surface area (Å²) in [6.07, 6.45) is 3.60. The minimum Gasteiger partial charge on any atom is -0.385 e. The van der Waals surface area contributed by atoms with Gasteiger partial charge in [0.2, 0.25) is 0 Å². The molecular formula is C13H8CuF3N2+. The summed E-state index contributed by atoms with van der Waals surface area (Å²) in [6, 6.07) is 12.1. The zero-order chi connectivity index (χ0) is 13.0. The first-order chi connectivity index (χ1) is 8.68. The van der Waals surface area contributed by atoms with E-state index in [4.69, 9.17) is 0 Å². The summed E-state index contributed by atoms with van der Waals surface area (Å²) in [7, 11) is 0. The van der Waals surface area contributed by atoms with Gasteiger partial charge in [0.25, 0.3) is 0 Å². The normalized spacial score (nSPS) is 9.89. The quantitative estimate of drug-likeness (QED) is 0.354. The van der Waals surface area contributed by atoms with Crippen LogP contribution in [0.2, 0.25) is 0 Å². The Morgan fingerprint density at radius 3 is 1.47 bits per heavy atom. The third-order valence-corrected chi connectivity index (χ3v) is 2.34. The number of aromatic nitrogens is 2. The number of halogens is 3. The second-order valence-corrected chi connectivity index (χ2v) is 3.43. The van der Waals surface area contributed by atoms with Crippen molar-refractivity contribution in [2.75, 3.05) is 0 Å². The van der Waals surface area contributed by atoms with E-state index < -0.39 is 6.68 Å². The molecule has 1 radical (unpaired) electrons. The molecule has 0 spiro atoms. The van der Waals surface area contributed by atoms with E-state index in [1.165, 1.54) is 0 Å². The van der Waals surface area contributed by atoms with Crippen molar-refractivity contribution in [3.05, 3.63) is 55.5 Å². The van der Waals surface area contributed by atoms with E-state index in [0.29, 0.717) is 0 Å². The van der Waals surface area contributed by atoms with Crippen molar-refractivity contribution >= 4 is 21.8 Å². The van der Waals surface area contributed by atoms with Crippen LogP contribution in [0, 0.1) is 6.68 Å². The molecule has 0 unspecified atom stereocenters. The van der Waals surface area contributed by atoms with Crippen LogP contribution in [0.5, 0.6) is 0 Å². The SMILES string of the molecule is F[C-](F)F.[Cu+2].c1cnc2c(c1)ccc1cccnc12. The molecule has 101 valence electrons. The molecule has 1 aromatic carbocycles. The molecule has 0 saturated carbocycles. The standard InChI is InChI=1S/C12H8N2.CF3.Cu/c1-3-9-5-6-10-4-2-8-14-12(10)11(9)13-7-1;2-1(3)4;/h1-8H;;/q;-1;+2. The van der Waals surface area contributed by atoms with E-state index >= 15 is 0 Å². The second-order valence-electron chi connectivity index (χ2n) is 3.43. The first-order valence-electron chi connectivity index (χ1n) is 5.10. The Morgan fingerprint density at radius 1 is 0.737 bits per heavy atom. The summed E-state index contributed by atoms with van der Waals surface area (Å²) in [5.41, 5.74) is 1.95. The van der Waals surface area contributed by atoms with Gasteiger partial charge in [-0.05, 0) is 12.1 Å². The predicted molar refractivity (Wildman–Crippen MR) is 63.6 cm³/mol. The molecule has 0 aliphatic rings. The van der Waals surface area contributed by atoms with Crippen LogP contribution in [0.4, 0.5) is 13.2 Å². The predicted octanol–water partition coefficient (Wildman–Crippen LogP) is 4.12. The Labute approximate surface area is 118 Å². The minimum absolute atomic E-state index is 0. The van der Waals surface area contributed by atoms with Crippen LogP contribution in [0.1, 0.15) is 0 Å². The van der Waals surface area contributed by atoms with Gasteiger partial charge in [0.1, 0.15) is 0 Å². The zero-order valence-electron chi connectivity index (χ0n) is 9.45. The summed E-state index contributed by atoms with van der Waals surface area (Å²) < 4.78 is 28.8. The molecule has 3 aromatic rings. The Bertz CT molecular complexity index is 604. The molecule has 19 heavy (non-hydrogen) atoms. The molecule has 3 rings (SSSR count). The maximum absolute atomic E-state index is 9.58. The first kappa shape index (κ1) is 15.4. The molecule has 2 heterocycles. The van der Waals surface area contributed by atoms with Gasteiger partial charge in [-0.15, -0.1) is 0 Å². The van der Waals surface area contributed by atoms with Crippen molar-refractivity contribution in [3.8, 4) is 0 Å². The van der Waals surface area contributed by atoms with Crippen molar-refractivity contribution in [3.63, 3.8) is 0 Å². The van der Waals surface area contributed by atoms with Gasteiger partial charge in [-0.2, -0.15) is 0 Å². The summed E-state index contributed by atoms with van der Waals surface area (Å²) in [5.74, 6) is 0. The Hall–Kier alpha value is -1.65. The molecule has 2 aromatic heterocycles. The van der Waals surface area contributed by atoms with E-state index in [0.717, 1.165) is 21.8 Å². The minimum atomic E-state index is -3.08.